The third-order valence-electron chi connectivity index (χ3n) is 7.87. The first-order chi connectivity index (χ1) is 14.2. The number of fused-ring (bicyclic) bond motifs is 3. The summed E-state index contributed by atoms with van der Waals surface area (Å²) in [5.41, 5.74) is 5.95. The predicted octanol–water partition coefficient (Wildman–Crippen LogP) is 7.50. The summed E-state index contributed by atoms with van der Waals surface area (Å²) in [4.78, 5) is 2.44. The second kappa shape index (κ2) is 6.03. The number of hydrogen-bond donors (Lipinski definition) is 0. The summed E-state index contributed by atoms with van der Waals surface area (Å²) in [5.74, 6) is 0. The number of halogens is 3. The first-order valence-corrected chi connectivity index (χ1v) is 10.7. The Bertz CT molecular complexity index is 1100. The fourth-order valence-corrected chi connectivity index (χ4v) is 6.25. The molecule has 4 aliphatic rings. The second-order valence-corrected chi connectivity index (χ2v) is 9.09. The van der Waals surface area contributed by atoms with E-state index in [2.05, 4.69) is 56.6 Å². The zero-order valence-electron chi connectivity index (χ0n) is 17.7. The SMILES string of the molecule is C=C1c2cc(C(F)(F)F)ccc2C2=C3CC=CC=C3C=C3CC(C)(CC)C1(CC)N32. The Hall–Kier alpha value is -2.49. The average Bonchev–Trinajstić information content (AvgIpc) is 2.99. The van der Waals surface area contributed by atoms with Crippen LogP contribution >= 0.6 is 0 Å². The van der Waals surface area contributed by atoms with Crippen LogP contribution < -0.4 is 0 Å². The maximum atomic E-state index is 13.6. The van der Waals surface area contributed by atoms with Crippen LogP contribution in [0, 0.1) is 5.41 Å². The van der Waals surface area contributed by atoms with Crippen molar-refractivity contribution in [2.45, 2.75) is 58.2 Å². The van der Waals surface area contributed by atoms with Crippen molar-refractivity contribution < 1.29 is 13.2 Å². The van der Waals surface area contributed by atoms with Crippen molar-refractivity contribution in [3.05, 3.63) is 82.6 Å². The number of benzene rings is 1. The van der Waals surface area contributed by atoms with Crippen LogP contribution in [0.15, 0.2) is 65.9 Å². The highest BCUT2D eigenvalue weighted by molar-refractivity contribution is 5.93. The lowest BCUT2D eigenvalue weighted by Crippen LogP contribution is -2.54. The number of nitrogens with zero attached hydrogens (tertiary/aromatic N) is 1. The van der Waals surface area contributed by atoms with Crippen molar-refractivity contribution in [2.24, 2.45) is 5.41 Å². The highest BCUT2D eigenvalue weighted by atomic mass is 19.4. The second-order valence-electron chi connectivity index (χ2n) is 9.09. The Balaban J connectivity index is 1.88. The van der Waals surface area contributed by atoms with Crippen LogP contribution in [0.4, 0.5) is 13.2 Å². The Morgan fingerprint density at radius 3 is 2.57 bits per heavy atom. The molecule has 5 rings (SSSR count). The highest BCUT2D eigenvalue weighted by Crippen LogP contribution is 2.66. The molecule has 1 nitrogen and oxygen atoms in total. The van der Waals surface area contributed by atoms with E-state index in [1.54, 1.807) is 6.07 Å². The van der Waals surface area contributed by atoms with E-state index in [0.29, 0.717) is 5.56 Å². The van der Waals surface area contributed by atoms with Gasteiger partial charge in [0.15, 0.2) is 0 Å². The summed E-state index contributed by atoms with van der Waals surface area (Å²) in [5, 5.41) is 0. The van der Waals surface area contributed by atoms with Gasteiger partial charge in [-0.2, -0.15) is 13.2 Å². The molecule has 1 saturated heterocycles. The normalized spacial score (nSPS) is 29.4. The molecule has 1 fully saturated rings. The van der Waals surface area contributed by atoms with E-state index in [1.807, 2.05) is 0 Å². The van der Waals surface area contributed by atoms with Crippen LogP contribution in [0.3, 0.4) is 0 Å². The van der Waals surface area contributed by atoms with E-state index in [4.69, 9.17) is 0 Å². The molecule has 1 aliphatic carbocycles. The maximum absolute atomic E-state index is 13.6. The van der Waals surface area contributed by atoms with Gasteiger partial charge in [-0.1, -0.05) is 51.6 Å². The Morgan fingerprint density at radius 2 is 1.90 bits per heavy atom. The summed E-state index contributed by atoms with van der Waals surface area (Å²) in [6.07, 6.45) is 7.66. The van der Waals surface area contributed by atoms with Gasteiger partial charge in [-0.05, 0) is 66.2 Å². The molecule has 3 aliphatic heterocycles. The van der Waals surface area contributed by atoms with Gasteiger partial charge in [0.25, 0.3) is 0 Å². The number of rotatable bonds is 2. The van der Waals surface area contributed by atoms with Gasteiger partial charge >= 0.3 is 6.18 Å². The molecule has 1 aromatic carbocycles. The van der Waals surface area contributed by atoms with E-state index in [-0.39, 0.29) is 5.41 Å². The molecule has 0 radical (unpaired) electrons. The lowest BCUT2D eigenvalue weighted by Gasteiger charge is -2.55. The van der Waals surface area contributed by atoms with E-state index in [9.17, 15) is 13.2 Å². The van der Waals surface area contributed by atoms with Crippen LogP contribution in [-0.4, -0.2) is 10.4 Å². The first kappa shape index (κ1) is 19.5. The van der Waals surface area contributed by atoms with E-state index < -0.39 is 17.3 Å². The molecule has 30 heavy (non-hydrogen) atoms. The zero-order valence-corrected chi connectivity index (χ0v) is 17.7. The van der Waals surface area contributed by atoms with Crippen LogP contribution in [-0.2, 0) is 6.18 Å². The van der Waals surface area contributed by atoms with Gasteiger partial charge in [-0.3, -0.25) is 0 Å². The lowest BCUT2D eigenvalue weighted by atomic mass is 9.61. The largest absolute Gasteiger partial charge is 0.416 e. The first-order valence-electron chi connectivity index (χ1n) is 10.7. The Labute approximate surface area is 176 Å². The standard InChI is InChI=1S/C26H26F3N/c1-5-24(4)15-19-13-17-9-7-8-10-20(17)23-21-12-11-18(26(27,28)29)14-22(21)16(3)25(24,6-2)30(19)23/h7-9,11-14H,3,5-6,10,15H2,1-2,4H3. The molecular formula is C26H26F3N. The zero-order chi connectivity index (χ0) is 21.5. The molecule has 2 atom stereocenters. The van der Waals surface area contributed by atoms with Crippen LogP contribution in [0.25, 0.3) is 11.3 Å². The molecule has 0 saturated carbocycles. The van der Waals surface area contributed by atoms with Crippen LogP contribution in [0.2, 0.25) is 0 Å². The molecule has 0 aromatic heterocycles. The lowest BCUT2D eigenvalue weighted by molar-refractivity contribution is -0.137. The fourth-order valence-electron chi connectivity index (χ4n) is 6.25. The van der Waals surface area contributed by atoms with Crippen molar-refractivity contribution in [1.82, 2.24) is 4.90 Å². The minimum Gasteiger partial charge on any atom is -0.334 e. The van der Waals surface area contributed by atoms with Gasteiger partial charge < -0.3 is 4.90 Å². The highest BCUT2D eigenvalue weighted by Gasteiger charge is 2.62. The topological polar surface area (TPSA) is 3.24 Å². The van der Waals surface area contributed by atoms with Crippen molar-refractivity contribution >= 4 is 11.3 Å². The van der Waals surface area contributed by atoms with Crippen LogP contribution in [0.5, 0.6) is 0 Å². The number of alkyl halides is 3. The van der Waals surface area contributed by atoms with Crippen LogP contribution in [0.1, 0.15) is 63.1 Å². The Morgan fingerprint density at radius 1 is 1.13 bits per heavy atom. The summed E-state index contributed by atoms with van der Waals surface area (Å²) in [7, 11) is 0. The quantitative estimate of drug-likeness (QED) is 0.489. The molecule has 0 spiro atoms. The molecule has 0 N–H and O–H groups in total. The summed E-state index contributed by atoms with van der Waals surface area (Å²) >= 11 is 0. The van der Waals surface area contributed by atoms with Gasteiger partial charge in [0.05, 0.1) is 16.8 Å². The van der Waals surface area contributed by atoms with Crippen molar-refractivity contribution in [3.63, 3.8) is 0 Å². The minimum absolute atomic E-state index is 0.107. The summed E-state index contributed by atoms with van der Waals surface area (Å²) in [6, 6.07) is 4.20. The van der Waals surface area contributed by atoms with Gasteiger partial charge in [-0.15, -0.1) is 0 Å². The van der Waals surface area contributed by atoms with Crippen molar-refractivity contribution in [2.75, 3.05) is 0 Å². The summed E-state index contributed by atoms with van der Waals surface area (Å²) in [6.45, 7) is 11.1. The summed E-state index contributed by atoms with van der Waals surface area (Å²) < 4.78 is 40.8. The third-order valence-corrected chi connectivity index (χ3v) is 7.87. The van der Waals surface area contributed by atoms with Crippen molar-refractivity contribution in [1.29, 1.82) is 0 Å². The molecular weight excluding hydrogens is 383 g/mol. The van der Waals surface area contributed by atoms with Gasteiger partial charge in [0, 0.05) is 16.7 Å². The average molecular weight is 409 g/mol. The van der Waals surface area contributed by atoms with E-state index in [0.717, 1.165) is 42.5 Å². The Kier molecular flexibility index (Phi) is 3.91. The van der Waals surface area contributed by atoms with Gasteiger partial charge in [-0.25, -0.2) is 0 Å². The molecule has 156 valence electrons. The molecule has 2 unspecified atom stereocenters. The van der Waals surface area contributed by atoms with Gasteiger partial charge in [0.2, 0.25) is 0 Å². The molecule has 1 aromatic rings. The maximum Gasteiger partial charge on any atom is 0.416 e. The smallest absolute Gasteiger partial charge is 0.334 e. The van der Waals surface area contributed by atoms with Gasteiger partial charge in [0.1, 0.15) is 0 Å². The molecule has 0 bridgehead atoms. The van der Waals surface area contributed by atoms with E-state index >= 15 is 0 Å². The molecule has 3 heterocycles. The third kappa shape index (κ3) is 2.20. The van der Waals surface area contributed by atoms with Crippen molar-refractivity contribution in [3.8, 4) is 0 Å². The fraction of sp³-hybridized carbons (Fsp3) is 0.385. The predicted molar refractivity (Wildman–Crippen MR) is 115 cm³/mol. The number of hydrogen-bond acceptors (Lipinski definition) is 1. The minimum atomic E-state index is -4.37. The molecule has 4 heteroatoms. The number of allylic oxidation sites excluding steroid dienone is 7. The van der Waals surface area contributed by atoms with E-state index in [1.165, 1.54) is 29.0 Å². The monoisotopic (exact) mass is 409 g/mol. The molecule has 0 amide bonds.